The lowest BCUT2D eigenvalue weighted by molar-refractivity contribution is -0.542. The summed E-state index contributed by atoms with van der Waals surface area (Å²) in [4.78, 5) is 0. The van der Waals surface area contributed by atoms with Crippen LogP contribution in [0.1, 0.15) is 26.3 Å². The van der Waals surface area contributed by atoms with E-state index in [4.69, 9.17) is 9.47 Å². The van der Waals surface area contributed by atoms with Gasteiger partial charge in [-0.15, -0.1) is 0 Å². The van der Waals surface area contributed by atoms with Crippen LogP contribution in [-0.4, -0.2) is 30.4 Å². The first-order chi connectivity index (χ1) is 7.90. The molecule has 0 amide bonds. The summed E-state index contributed by atoms with van der Waals surface area (Å²) in [6, 6.07) is 7.19. The van der Waals surface area contributed by atoms with E-state index < -0.39 is 5.54 Å². The summed E-state index contributed by atoms with van der Waals surface area (Å²) in [6.07, 6.45) is 0. The van der Waals surface area contributed by atoms with E-state index in [1.165, 1.54) is 7.11 Å². The van der Waals surface area contributed by atoms with Gasteiger partial charge >= 0.3 is 5.90 Å². The van der Waals surface area contributed by atoms with Crippen LogP contribution in [0, 0.1) is 5.21 Å². The SMILES string of the molecule is CO/C(c1ccc(OC)cc1)=[N+](/[O-])C(C)(C)C. The predicted octanol–water partition coefficient (Wildman–Crippen LogP) is 2.40. The molecule has 0 bridgehead atoms. The molecule has 0 unspecified atom stereocenters. The average molecular weight is 237 g/mol. The minimum atomic E-state index is -0.536. The topological polar surface area (TPSA) is 44.5 Å². The summed E-state index contributed by atoms with van der Waals surface area (Å²) in [5.41, 5.74) is 0.198. The Balaban J connectivity index is 3.18. The minimum absolute atomic E-state index is 0.306. The molecular formula is C13H19NO3. The van der Waals surface area contributed by atoms with Crippen molar-refractivity contribution >= 4 is 5.90 Å². The van der Waals surface area contributed by atoms with Crippen molar-refractivity contribution in [3.63, 3.8) is 0 Å². The Morgan fingerprint density at radius 2 is 1.65 bits per heavy atom. The summed E-state index contributed by atoms with van der Waals surface area (Å²) in [7, 11) is 3.10. The molecule has 17 heavy (non-hydrogen) atoms. The maximum atomic E-state index is 12.1. The van der Waals surface area contributed by atoms with Gasteiger partial charge in [0.2, 0.25) is 0 Å². The Labute approximate surface area is 102 Å². The number of methoxy groups -OCH3 is 2. The molecule has 0 saturated carbocycles. The van der Waals surface area contributed by atoms with Crippen molar-refractivity contribution < 1.29 is 14.2 Å². The summed E-state index contributed by atoms with van der Waals surface area (Å²) >= 11 is 0. The molecule has 0 heterocycles. The molecule has 0 aliphatic rings. The quantitative estimate of drug-likeness (QED) is 0.261. The molecule has 0 radical (unpaired) electrons. The second-order valence-corrected chi connectivity index (χ2v) is 4.70. The van der Waals surface area contributed by atoms with E-state index in [1.807, 2.05) is 20.8 Å². The molecule has 94 valence electrons. The molecule has 0 fully saturated rings. The van der Waals surface area contributed by atoms with Gasteiger partial charge in [0.15, 0.2) is 5.54 Å². The highest BCUT2D eigenvalue weighted by Gasteiger charge is 2.25. The van der Waals surface area contributed by atoms with Gasteiger partial charge in [-0.25, -0.2) is 0 Å². The van der Waals surface area contributed by atoms with E-state index in [-0.39, 0.29) is 0 Å². The van der Waals surface area contributed by atoms with Crippen LogP contribution in [0.3, 0.4) is 0 Å². The smallest absolute Gasteiger partial charge is 0.381 e. The van der Waals surface area contributed by atoms with Gasteiger partial charge < -0.3 is 14.7 Å². The number of hydrogen-bond donors (Lipinski definition) is 0. The fourth-order valence-corrected chi connectivity index (χ4v) is 1.36. The molecule has 4 heteroatoms. The van der Waals surface area contributed by atoms with Crippen molar-refractivity contribution in [1.82, 2.24) is 0 Å². The number of hydroxylamine groups is 1. The summed E-state index contributed by atoms with van der Waals surface area (Å²) < 4.78 is 11.1. The van der Waals surface area contributed by atoms with E-state index in [0.29, 0.717) is 5.90 Å². The molecule has 0 aromatic heterocycles. The Kier molecular flexibility index (Phi) is 3.99. The molecule has 0 spiro atoms. The van der Waals surface area contributed by atoms with Gasteiger partial charge in [0.25, 0.3) is 0 Å². The van der Waals surface area contributed by atoms with Crippen LogP contribution in [0.4, 0.5) is 0 Å². The third kappa shape index (κ3) is 3.12. The molecule has 0 aliphatic heterocycles. The van der Waals surface area contributed by atoms with Gasteiger partial charge in [0.05, 0.1) is 19.8 Å². The van der Waals surface area contributed by atoms with Crippen LogP contribution in [0.25, 0.3) is 0 Å². The molecule has 1 rings (SSSR count). The fraction of sp³-hybridized carbons (Fsp3) is 0.462. The van der Waals surface area contributed by atoms with Gasteiger partial charge in [-0.3, -0.25) is 0 Å². The largest absolute Gasteiger partial charge is 0.621 e. The van der Waals surface area contributed by atoms with Crippen LogP contribution < -0.4 is 4.74 Å². The highest BCUT2D eigenvalue weighted by Crippen LogP contribution is 2.15. The van der Waals surface area contributed by atoms with E-state index >= 15 is 0 Å². The second kappa shape index (κ2) is 5.08. The zero-order valence-electron chi connectivity index (χ0n) is 11.0. The first-order valence-corrected chi connectivity index (χ1v) is 5.43. The maximum Gasteiger partial charge on any atom is 0.381 e. The average Bonchev–Trinajstić information content (AvgIpc) is 2.29. The Morgan fingerprint density at radius 1 is 1.12 bits per heavy atom. The Bertz CT molecular complexity index is 402. The third-order valence-electron chi connectivity index (χ3n) is 2.32. The van der Waals surface area contributed by atoms with Gasteiger partial charge in [-0.2, -0.15) is 4.74 Å². The van der Waals surface area contributed by atoms with Crippen molar-refractivity contribution in [2.45, 2.75) is 26.3 Å². The zero-order valence-corrected chi connectivity index (χ0v) is 11.0. The third-order valence-corrected chi connectivity index (χ3v) is 2.32. The standard InChI is InChI=1S/C13H19NO3/c1-13(2,3)14(15)12(17-5)10-6-8-11(16-4)9-7-10/h6-9H,1-5H3/b14-12+. The lowest BCUT2D eigenvalue weighted by atomic mass is 10.1. The summed E-state index contributed by atoms with van der Waals surface area (Å²) in [5.74, 6) is 1.05. The normalized spacial score (nSPS) is 13.0. The molecule has 0 N–H and O–H groups in total. The predicted molar refractivity (Wildman–Crippen MR) is 67.5 cm³/mol. The van der Waals surface area contributed by atoms with Crippen LogP contribution in [0.2, 0.25) is 0 Å². The molecule has 0 saturated heterocycles. The monoisotopic (exact) mass is 237 g/mol. The van der Waals surface area contributed by atoms with Gasteiger partial charge in [0.1, 0.15) is 5.75 Å². The molecule has 1 aromatic rings. The van der Waals surface area contributed by atoms with Crippen LogP contribution in [0.5, 0.6) is 5.75 Å². The van der Waals surface area contributed by atoms with Gasteiger partial charge in [-0.1, -0.05) is 0 Å². The van der Waals surface area contributed by atoms with Crippen molar-refractivity contribution in [1.29, 1.82) is 0 Å². The lowest BCUT2D eigenvalue weighted by Gasteiger charge is -2.21. The Hall–Kier alpha value is -1.71. The number of hydrogen-bond acceptors (Lipinski definition) is 3. The number of benzene rings is 1. The summed E-state index contributed by atoms with van der Waals surface area (Å²) in [6.45, 7) is 5.51. The first kappa shape index (κ1) is 13.4. The zero-order chi connectivity index (χ0) is 13.1. The van der Waals surface area contributed by atoms with Crippen LogP contribution in [0.15, 0.2) is 24.3 Å². The second-order valence-electron chi connectivity index (χ2n) is 4.70. The number of rotatable bonds is 2. The highest BCUT2D eigenvalue weighted by atomic mass is 16.5. The minimum Gasteiger partial charge on any atom is -0.621 e. The van der Waals surface area contributed by atoms with Gasteiger partial charge in [0, 0.05) is 20.8 Å². The van der Waals surface area contributed by atoms with Crippen LogP contribution in [-0.2, 0) is 4.74 Å². The molecule has 4 nitrogen and oxygen atoms in total. The molecule has 1 aromatic carbocycles. The fourth-order valence-electron chi connectivity index (χ4n) is 1.36. The highest BCUT2D eigenvalue weighted by molar-refractivity contribution is 5.90. The molecular weight excluding hydrogens is 218 g/mol. The molecule has 0 atom stereocenters. The van der Waals surface area contributed by atoms with Crippen molar-refractivity contribution in [2.75, 3.05) is 14.2 Å². The van der Waals surface area contributed by atoms with E-state index in [0.717, 1.165) is 16.1 Å². The number of ether oxygens (including phenoxy) is 2. The van der Waals surface area contributed by atoms with E-state index in [9.17, 15) is 5.21 Å². The van der Waals surface area contributed by atoms with E-state index in [2.05, 4.69) is 0 Å². The van der Waals surface area contributed by atoms with Crippen molar-refractivity contribution in [3.05, 3.63) is 35.0 Å². The Morgan fingerprint density at radius 3 is 2.00 bits per heavy atom. The van der Waals surface area contributed by atoms with Crippen molar-refractivity contribution in [2.24, 2.45) is 0 Å². The van der Waals surface area contributed by atoms with Gasteiger partial charge in [-0.05, 0) is 24.3 Å². The molecule has 0 aliphatic carbocycles. The van der Waals surface area contributed by atoms with Crippen molar-refractivity contribution in [3.8, 4) is 5.75 Å². The van der Waals surface area contributed by atoms with E-state index in [1.54, 1.807) is 31.4 Å². The first-order valence-electron chi connectivity index (χ1n) is 5.43. The summed E-state index contributed by atoms with van der Waals surface area (Å²) in [5, 5.41) is 12.1. The maximum absolute atomic E-state index is 12.1. The van der Waals surface area contributed by atoms with Crippen LogP contribution >= 0.6 is 0 Å². The number of nitrogens with zero attached hydrogens (tertiary/aromatic N) is 1. The lowest BCUT2D eigenvalue weighted by Crippen LogP contribution is -2.34.